The third-order valence-electron chi connectivity index (χ3n) is 5.00. The molecule has 3 N–H and O–H groups in total. The van der Waals surface area contributed by atoms with E-state index < -0.39 is 5.82 Å². The Morgan fingerprint density at radius 1 is 1.17 bits per heavy atom. The molecule has 1 heterocycles. The highest BCUT2D eigenvalue weighted by molar-refractivity contribution is 5.91. The number of carbonyl (C=O) groups excluding carboxylic acids is 2. The number of benzene rings is 2. The van der Waals surface area contributed by atoms with Gasteiger partial charge in [0, 0.05) is 18.7 Å². The highest BCUT2D eigenvalue weighted by Crippen LogP contribution is 2.24. The van der Waals surface area contributed by atoms with Crippen molar-refractivity contribution in [2.45, 2.75) is 38.3 Å². The number of nitrogens with zero attached hydrogens (tertiary/aromatic N) is 1. The van der Waals surface area contributed by atoms with Gasteiger partial charge in [0.05, 0.1) is 12.6 Å². The molecule has 2 amide bonds. The van der Waals surface area contributed by atoms with Crippen molar-refractivity contribution in [3.05, 3.63) is 59.9 Å². The van der Waals surface area contributed by atoms with E-state index in [0.29, 0.717) is 13.0 Å². The third kappa shape index (κ3) is 5.77. The van der Waals surface area contributed by atoms with E-state index in [1.165, 1.54) is 6.07 Å². The zero-order chi connectivity index (χ0) is 20.6. The average molecular weight is 399 g/mol. The SMILES string of the molecule is NC(=O)C1CCCN1Cc1ccccc1NC(=O)CCCOc1ccccc1F. The van der Waals surface area contributed by atoms with E-state index in [-0.39, 0.29) is 36.6 Å². The van der Waals surface area contributed by atoms with Crippen LogP contribution in [0.4, 0.5) is 10.1 Å². The van der Waals surface area contributed by atoms with E-state index >= 15 is 0 Å². The number of carbonyl (C=O) groups is 2. The standard InChI is InChI=1S/C22H26FN3O3/c23-17-8-2-4-11-20(17)29-14-6-12-21(27)25-18-9-3-1-7-16(18)15-26-13-5-10-19(26)22(24)28/h1-4,7-9,11,19H,5-6,10,12-15H2,(H2,24,28)(H,25,27). The summed E-state index contributed by atoms with van der Waals surface area (Å²) in [7, 11) is 0. The van der Waals surface area contributed by atoms with Crippen molar-refractivity contribution < 1.29 is 18.7 Å². The summed E-state index contributed by atoms with van der Waals surface area (Å²) in [6.07, 6.45) is 2.44. The molecule has 1 fully saturated rings. The minimum atomic E-state index is -0.415. The molecule has 0 saturated carbocycles. The van der Waals surface area contributed by atoms with Crippen LogP contribution in [0.25, 0.3) is 0 Å². The molecule has 1 aliphatic rings. The molecule has 2 aromatic rings. The fourth-order valence-corrected chi connectivity index (χ4v) is 3.53. The molecule has 154 valence electrons. The van der Waals surface area contributed by atoms with Gasteiger partial charge in [-0.3, -0.25) is 14.5 Å². The van der Waals surface area contributed by atoms with Crippen LogP contribution in [-0.4, -0.2) is 35.9 Å². The van der Waals surface area contributed by atoms with Gasteiger partial charge in [0.25, 0.3) is 0 Å². The summed E-state index contributed by atoms with van der Waals surface area (Å²) in [5.41, 5.74) is 7.16. The molecule has 6 nitrogen and oxygen atoms in total. The van der Waals surface area contributed by atoms with Gasteiger partial charge in [-0.25, -0.2) is 4.39 Å². The molecule has 1 atom stereocenters. The van der Waals surface area contributed by atoms with Crippen molar-refractivity contribution in [1.29, 1.82) is 0 Å². The van der Waals surface area contributed by atoms with Crippen LogP contribution < -0.4 is 15.8 Å². The molecule has 3 rings (SSSR count). The van der Waals surface area contributed by atoms with Crippen LogP contribution in [0.2, 0.25) is 0 Å². The predicted molar refractivity (Wildman–Crippen MR) is 109 cm³/mol. The Hall–Kier alpha value is -2.93. The van der Waals surface area contributed by atoms with Gasteiger partial charge in [-0.2, -0.15) is 0 Å². The molecule has 2 aromatic carbocycles. The molecule has 0 bridgehead atoms. The summed E-state index contributed by atoms with van der Waals surface area (Å²) >= 11 is 0. The summed E-state index contributed by atoms with van der Waals surface area (Å²) in [6, 6.07) is 13.5. The second-order valence-electron chi connectivity index (χ2n) is 7.12. The summed E-state index contributed by atoms with van der Waals surface area (Å²) in [4.78, 5) is 26.0. The van der Waals surface area contributed by atoms with Gasteiger partial charge in [-0.15, -0.1) is 0 Å². The smallest absolute Gasteiger partial charge is 0.234 e. The lowest BCUT2D eigenvalue weighted by Gasteiger charge is -2.23. The fourth-order valence-electron chi connectivity index (χ4n) is 3.53. The number of nitrogens with two attached hydrogens (primary N) is 1. The van der Waals surface area contributed by atoms with Crippen molar-refractivity contribution in [3.8, 4) is 5.75 Å². The van der Waals surface area contributed by atoms with E-state index in [1.807, 2.05) is 24.3 Å². The summed E-state index contributed by atoms with van der Waals surface area (Å²) in [6.45, 7) is 1.62. The number of hydrogen-bond acceptors (Lipinski definition) is 4. The van der Waals surface area contributed by atoms with Crippen molar-refractivity contribution in [3.63, 3.8) is 0 Å². The van der Waals surface area contributed by atoms with Crippen LogP contribution >= 0.6 is 0 Å². The third-order valence-corrected chi connectivity index (χ3v) is 5.00. The van der Waals surface area contributed by atoms with Gasteiger partial charge < -0.3 is 15.8 Å². The second-order valence-corrected chi connectivity index (χ2v) is 7.12. The average Bonchev–Trinajstić information content (AvgIpc) is 3.16. The molecule has 29 heavy (non-hydrogen) atoms. The monoisotopic (exact) mass is 399 g/mol. The van der Waals surface area contributed by atoms with Gasteiger partial charge in [0.1, 0.15) is 0 Å². The van der Waals surface area contributed by atoms with Crippen molar-refractivity contribution in [1.82, 2.24) is 4.90 Å². The highest BCUT2D eigenvalue weighted by atomic mass is 19.1. The number of anilines is 1. The van der Waals surface area contributed by atoms with Crippen LogP contribution in [0.5, 0.6) is 5.75 Å². The molecule has 1 unspecified atom stereocenters. The predicted octanol–water partition coefficient (Wildman–Crippen LogP) is 3.07. The Labute approximate surface area is 169 Å². The Balaban J connectivity index is 1.50. The number of halogens is 1. The van der Waals surface area contributed by atoms with Crippen LogP contribution in [0.3, 0.4) is 0 Å². The first kappa shape index (κ1) is 20.8. The maximum absolute atomic E-state index is 13.5. The van der Waals surface area contributed by atoms with Gasteiger partial charge in [0.2, 0.25) is 11.8 Å². The number of likely N-dealkylation sites (tertiary alicyclic amines) is 1. The number of hydrogen-bond donors (Lipinski definition) is 2. The van der Waals surface area contributed by atoms with Gasteiger partial charge >= 0.3 is 0 Å². The molecule has 0 aromatic heterocycles. The first-order chi connectivity index (χ1) is 14.0. The molecule has 1 aliphatic heterocycles. The maximum Gasteiger partial charge on any atom is 0.234 e. The fraction of sp³-hybridized carbons (Fsp3) is 0.364. The Morgan fingerprint density at radius 3 is 2.72 bits per heavy atom. The second kappa shape index (κ2) is 10.0. The first-order valence-electron chi connectivity index (χ1n) is 9.83. The molecule has 0 aliphatic carbocycles. The van der Waals surface area contributed by atoms with Gasteiger partial charge in [-0.05, 0) is 49.6 Å². The Morgan fingerprint density at radius 2 is 1.93 bits per heavy atom. The highest BCUT2D eigenvalue weighted by Gasteiger charge is 2.29. The van der Waals surface area contributed by atoms with E-state index in [1.54, 1.807) is 18.2 Å². The van der Waals surface area contributed by atoms with Crippen LogP contribution in [-0.2, 0) is 16.1 Å². The number of rotatable bonds is 9. The van der Waals surface area contributed by atoms with E-state index in [0.717, 1.165) is 30.6 Å². The lowest BCUT2D eigenvalue weighted by Crippen LogP contribution is -2.39. The minimum absolute atomic E-state index is 0.137. The summed E-state index contributed by atoms with van der Waals surface area (Å²) in [5, 5.41) is 2.93. The van der Waals surface area contributed by atoms with Crippen molar-refractivity contribution in [2.75, 3.05) is 18.5 Å². The summed E-state index contributed by atoms with van der Waals surface area (Å²) in [5.74, 6) is -0.670. The first-order valence-corrected chi connectivity index (χ1v) is 9.83. The number of para-hydroxylation sites is 2. The number of amides is 2. The van der Waals surface area contributed by atoms with E-state index in [2.05, 4.69) is 10.2 Å². The zero-order valence-corrected chi connectivity index (χ0v) is 16.3. The Kier molecular flexibility index (Phi) is 7.19. The van der Waals surface area contributed by atoms with E-state index in [4.69, 9.17) is 10.5 Å². The summed E-state index contributed by atoms with van der Waals surface area (Å²) < 4.78 is 18.9. The number of primary amides is 1. The lowest BCUT2D eigenvalue weighted by molar-refractivity contribution is -0.122. The Bertz CT molecular complexity index is 859. The molecule has 0 spiro atoms. The molecule has 0 radical (unpaired) electrons. The minimum Gasteiger partial charge on any atom is -0.491 e. The largest absolute Gasteiger partial charge is 0.491 e. The van der Waals surface area contributed by atoms with Crippen LogP contribution in [0.1, 0.15) is 31.2 Å². The van der Waals surface area contributed by atoms with Crippen molar-refractivity contribution >= 4 is 17.5 Å². The lowest BCUT2D eigenvalue weighted by atomic mass is 10.1. The number of nitrogens with one attached hydrogen (secondary N) is 1. The van der Waals surface area contributed by atoms with E-state index in [9.17, 15) is 14.0 Å². The quantitative estimate of drug-likeness (QED) is 0.635. The molecular formula is C22H26FN3O3. The normalized spacial score (nSPS) is 16.5. The molecular weight excluding hydrogens is 373 g/mol. The molecule has 7 heteroatoms. The maximum atomic E-state index is 13.5. The molecule has 1 saturated heterocycles. The topological polar surface area (TPSA) is 84.7 Å². The number of ether oxygens (including phenoxy) is 1. The van der Waals surface area contributed by atoms with Crippen LogP contribution in [0, 0.1) is 5.82 Å². The zero-order valence-electron chi connectivity index (χ0n) is 16.3. The van der Waals surface area contributed by atoms with Crippen molar-refractivity contribution in [2.24, 2.45) is 5.73 Å². The van der Waals surface area contributed by atoms with Crippen LogP contribution in [0.15, 0.2) is 48.5 Å². The van der Waals surface area contributed by atoms with Gasteiger partial charge in [-0.1, -0.05) is 30.3 Å². The van der Waals surface area contributed by atoms with Gasteiger partial charge in [0.15, 0.2) is 11.6 Å².